The van der Waals surface area contributed by atoms with Gasteiger partial charge in [0.1, 0.15) is 0 Å². The summed E-state index contributed by atoms with van der Waals surface area (Å²) in [4.78, 5) is 3.70. The first kappa shape index (κ1) is 15.9. The molecule has 0 aliphatic carbocycles. The lowest BCUT2D eigenvalue weighted by atomic mass is 10.1. The summed E-state index contributed by atoms with van der Waals surface area (Å²) >= 11 is 1.76. The van der Waals surface area contributed by atoms with Crippen molar-refractivity contribution in [3.05, 3.63) is 59.7 Å². The summed E-state index contributed by atoms with van der Waals surface area (Å²) in [5.74, 6) is 0. The number of benzene rings is 2. The lowest BCUT2D eigenvalue weighted by Crippen LogP contribution is -2.31. The molecule has 2 aromatic carbocycles. The molecule has 0 unspecified atom stereocenters. The molecule has 2 aromatic rings. The van der Waals surface area contributed by atoms with Gasteiger partial charge >= 0.3 is 0 Å². The highest BCUT2D eigenvalue weighted by Gasteiger charge is 2.16. The van der Waals surface area contributed by atoms with Crippen molar-refractivity contribution in [2.45, 2.75) is 37.9 Å². The predicted molar refractivity (Wildman–Crippen MR) is 93.9 cm³/mol. The Balaban J connectivity index is 2.39. The first-order valence-corrected chi connectivity index (χ1v) is 8.56. The van der Waals surface area contributed by atoms with E-state index >= 15 is 0 Å². The summed E-state index contributed by atoms with van der Waals surface area (Å²) < 4.78 is 0. The molecule has 112 valence electrons. The molecule has 3 heteroatoms. The van der Waals surface area contributed by atoms with Crippen molar-refractivity contribution in [3.8, 4) is 0 Å². The van der Waals surface area contributed by atoms with Gasteiger partial charge in [-0.2, -0.15) is 0 Å². The number of hydrogen-bond donors (Lipinski definition) is 1. The van der Waals surface area contributed by atoms with Crippen molar-refractivity contribution in [1.29, 1.82) is 0 Å². The van der Waals surface area contributed by atoms with Crippen LogP contribution in [0.5, 0.6) is 0 Å². The molecule has 0 atom stereocenters. The Morgan fingerprint density at radius 1 is 1.05 bits per heavy atom. The van der Waals surface area contributed by atoms with Gasteiger partial charge in [-0.05, 0) is 37.8 Å². The molecule has 0 saturated heterocycles. The summed E-state index contributed by atoms with van der Waals surface area (Å²) in [5, 5.41) is 0. The van der Waals surface area contributed by atoms with Crippen molar-refractivity contribution in [2.75, 3.05) is 11.2 Å². The number of rotatable bonds is 6. The van der Waals surface area contributed by atoms with Crippen molar-refractivity contribution >= 4 is 17.4 Å². The number of nitrogens with zero attached hydrogens (tertiary/aromatic N) is 1. The fraction of sp³-hybridized carbons (Fsp3) is 0.333. The largest absolute Gasteiger partial charge is 0.364 e. The van der Waals surface area contributed by atoms with Crippen LogP contribution in [0.1, 0.15) is 25.0 Å². The molecule has 0 heterocycles. The standard InChI is InChI=1S/C18H24N2S/c1-14(2)20(13-15-8-5-4-6-9-15)17-10-7-11-18(21-3)16(17)12-19/h4-11,14H,12-13,19H2,1-3H3. The van der Waals surface area contributed by atoms with Gasteiger partial charge < -0.3 is 10.6 Å². The minimum absolute atomic E-state index is 0.424. The molecule has 0 bridgehead atoms. The van der Waals surface area contributed by atoms with Gasteiger partial charge in [0, 0.05) is 35.3 Å². The van der Waals surface area contributed by atoms with Crippen molar-refractivity contribution in [3.63, 3.8) is 0 Å². The number of anilines is 1. The summed E-state index contributed by atoms with van der Waals surface area (Å²) in [6.07, 6.45) is 2.11. The minimum atomic E-state index is 0.424. The van der Waals surface area contributed by atoms with E-state index in [4.69, 9.17) is 5.73 Å². The quantitative estimate of drug-likeness (QED) is 0.807. The fourth-order valence-corrected chi connectivity index (χ4v) is 3.19. The molecule has 21 heavy (non-hydrogen) atoms. The zero-order valence-electron chi connectivity index (χ0n) is 13.0. The highest BCUT2D eigenvalue weighted by Crippen LogP contribution is 2.31. The molecule has 2 nitrogen and oxygen atoms in total. The van der Waals surface area contributed by atoms with Crippen LogP contribution in [0.3, 0.4) is 0 Å². The molecule has 0 spiro atoms. The third kappa shape index (κ3) is 3.80. The molecular weight excluding hydrogens is 276 g/mol. The average Bonchev–Trinajstić information content (AvgIpc) is 2.52. The Kier molecular flexibility index (Phi) is 5.71. The Hall–Kier alpha value is -1.45. The van der Waals surface area contributed by atoms with Crippen molar-refractivity contribution < 1.29 is 0 Å². The monoisotopic (exact) mass is 300 g/mol. The summed E-state index contributed by atoms with van der Waals surface area (Å²) in [5.41, 5.74) is 9.84. The van der Waals surface area contributed by atoms with E-state index in [-0.39, 0.29) is 0 Å². The Bertz CT molecular complexity index is 567. The van der Waals surface area contributed by atoms with Crippen LogP contribution >= 0.6 is 11.8 Å². The topological polar surface area (TPSA) is 29.3 Å². The van der Waals surface area contributed by atoms with Crippen LogP contribution in [0, 0.1) is 0 Å². The minimum Gasteiger partial charge on any atom is -0.364 e. The maximum Gasteiger partial charge on any atom is 0.0432 e. The molecule has 2 rings (SSSR count). The van der Waals surface area contributed by atoms with E-state index in [9.17, 15) is 0 Å². The Morgan fingerprint density at radius 2 is 1.76 bits per heavy atom. The van der Waals surface area contributed by atoms with Gasteiger partial charge in [0.2, 0.25) is 0 Å². The first-order chi connectivity index (χ1) is 10.2. The second-order valence-electron chi connectivity index (χ2n) is 5.37. The van der Waals surface area contributed by atoms with Crippen molar-refractivity contribution in [1.82, 2.24) is 0 Å². The zero-order chi connectivity index (χ0) is 15.2. The SMILES string of the molecule is CSc1cccc(N(Cc2ccccc2)C(C)C)c1CN. The van der Waals surface area contributed by atoms with Gasteiger partial charge in [-0.1, -0.05) is 36.4 Å². The van der Waals surface area contributed by atoms with E-state index in [2.05, 4.69) is 73.5 Å². The van der Waals surface area contributed by atoms with Crippen LogP contribution in [0.2, 0.25) is 0 Å². The molecule has 0 aliphatic heterocycles. The van der Waals surface area contributed by atoms with Gasteiger partial charge in [-0.15, -0.1) is 11.8 Å². The molecule has 0 saturated carbocycles. The second kappa shape index (κ2) is 7.53. The van der Waals surface area contributed by atoms with E-state index in [0.717, 1.165) is 6.54 Å². The van der Waals surface area contributed by atoms with Gasteiger partial charge in [0.25, 0.3) is 0 Å². The van der Waals surface area contributed by atoms with Crippen LogP contribution in [-0.2, 0) is 13.1 Å². The van der Waals surface area contributed by atoms with Gasteiger partial charge in [0.15, 0.2) is 0 Å². The molecule has 0 aliphatic rings. The van der Waals surface area contributed by atoms with E-state index in [0.29, 0.717) is 12.6 Å². The molecule has 0 radical (unpaired) electrons. The molecule has 0 fully saturated rings. The van der Waals surface area contributed by atoms with Crippen LogP contribution in [0.15, 0.2) is 53.4 Å². The van der Waals surface area contributed by atoms with Gasteiger partial charge in [-0.3, -0.25) is 0 Å². The summed E-state index contributed by atoms with van der Waals surface area (Å²) in [6, 6.07) is 17.5. The average molecular weight is 300 g/mol. The first-order valence-electron chi connectivity index (χ1n) is 7.34. The van der Waals surface area contributed by atoms with Crippen LogP contribution in [0.4, 0.5) is 5.69 Å². The maximum atomic E-state index is 6.02. The maximum absolute atomic E-state index is 6.02. The highest BCUT2D eigenvalue weighted by atomic mass is 32.2. The Morgan fingerprint density at radius 3 is 2.33 bits per heavy atom. The summed E-state index contributed by atoms with van der Waals surface area (Å²) in [7, 11) is 0. The number of thioether (sulfide) groups is 1. The lowest BCUT2D eigenvalue weighted by Gasteiger charge is -2.31. The molecular formula is C18H24N2S. The van der Waals surface area contributed by atoms with Crippen LogP contribution < -0.4 is 10.6 Å². The van der Waals surface area contributed by atoms with Crippen LogP contribution in [-0.4, -0.2) is 12.3 Å². The fourth-order valence-electron chi connectivity index (χ4n) is 2.55. The molecule has 0 aromatic heterocycles. The number of nitrogens with two attached hydrogens (primary N) is 1. The molecule has 2 N–H and O–H groups in total. The third-order valence-electron chi connectivity index (χ3n) is 3.66. The van der Waals surface area contributed by atoms with Crippen LogP contribution in [0.25, 0.3) is 0 Å². The smallest absolute Gasteiger partial charge is 0.0432 e. The van der Waals surface area contributed by atoms with E-state index in [1.165, 1.54) is 21.7 Å². The van der Waals surface area contributed by atoms with E-state index in [1.807, 2.05) is 0 Å². The Labute approximate surface area is 132 Å². The predicted octanol–water partition coefficient (Wildman–Crippen LogP) is 4.28. The number of hydrogen-bond acceptors (Lipinski definition) is 3. The van der Waals surface area contributed by atoms with Crippen molar-refractivity contribution in [2.24, 2.45) is 5.73 Å². The second-order valence-corrected chi connectivity index (χ2v) is 6.22. The van der Waals surface area contributed by atoms with Gasteiger partial charge in [-0.25, -0.2) is 0 Å². The summed E-state index contributed by atoms with van der Waals surface area (Å²) in [6.45, 7) is 5.94. The zero-order valence-corrected chi connectivity index (χ0v) is 13.9. The van der Waals surface area contributed by atoms with Gasteiger partial charge in [0.05, 0.1) is 0 Å². The third-order valence-corrected chi connectivity index (χ3v) is 4.48. The normalized spacial score (nSPS) is 10.9. The van der Waals surface area contributed by atoms with E-state index in [1.54, 1.807) is 11.8 Å². The highest BCUT2D eigenvalue weighted by molar-refractivity contribution is 7.98. The lowest BCUT2D eigenvalue weighted by molar-refractivity contribution is 0.677. The molecule has 0 amide bonds. The van der Waals surface area contributed by atoms with E-state index < -0.39 is 0 Å².